The smallest absolute Gasteiger partial charge is 0.238 e. The van der Waals surface area contributed by atoms with E-state index in [4.69, 9.17) is 11.6 Å². The van der Waals surface area contributed by atoms with E-state index in [-0.39, 0.29) is 11.7 Å². The summed E-state index contributed by atoms with van der Waals surface area (Å²) in [5.41, 5.74) is 2.34. The van der Waals surface area contributed by atoms with Crippen LogP contribution in [-0.4, -0.2) is 43.5 Å². The van der Waals surface area contributed by atoms with Crippen molar-refractivity contribution in [2.24, 2.45) is 0 Å². The second kappa shape index (κ2) is 7.85. The molecule has 0 saturated carbocycles. The maximum Gasteiger partial charge on any atom is 0.238 e. The minimum absolute atomic E-state index is 0.0651. The second-order valence-electron chi connectivity index (χ2n) is 6.22. The molecule has 1 heterocycles. The average Bonchev–Trinajstić information content (AvgIpc) is 2.59. The summed E-state index contributed by atoms with van der Waals surface area (Å²) in [6.45, 7) is 5.08. The molecule has 1 saturated heterocycles. The number of piperazine rings is 1. The van der Waals surface area contributed by atoms with E-state index in [0.717, 1.165) is 24.3 Å². The van der Waals surface area contributed by atoms with Crippen LogP contribution in [0.2, 0.25) is 5.02 Å². The van der Waals surface area contributed by atoms with Gasteiger partial charge in [-0.15, -0.1) is 0 Å². The predicted molar refractivity (Wildman–Crippen MR) is 99.9 cm³/mol. The largest absolute Gasteiger partial charge is 0.367 e. The standard InChI is InChI=1S/C19H21ClFN3O/c1-14-6-7-15(20)12-17(14)22-19(25)13-23-8-10-24(11-9-23)18-5-3-2-4-16(18)21/h2-7,12H,8-11,13H2,1H3,(H,22,25). The van der Waals surface area contributed by atoms with Crippen LogP contribution in [0.25, 0.3) is 0 Å². The number of carbonyl (C=O) groups is 1. The first kappa shape index (κ1) is 17.7. The van der Waals surface area contributed by atoms with Crippen LogP contribution in [0.1, 0.15) is 5.56 Å². The van der Waals surface area contributed by atoms with Crippen LogP contribution >= 0.6 is 11.6 Å². The van der Waals surface area contributed by atoms with E-state index in [1.165, 1.54) is 6.07 Å². The molecule has 0 radical (unpaired) electrons. The lowest BCUT2D eigenvalue weighted by molar-refractivity contribution is -0.117. The summed E-state index contributed by atoms with van der Waals surface area (Å²) in [6.07, 6.45) is 0. The van der Waals surface area contributed by atoms with Gasteiger partial charge in [0.15, 0.2) is 0 Å². The molecule has 132 valence electrons. The van der Waals surface area contributed by atoms with Crippen molar-refractivity contribution in [3.05, 3.63) is 58.9 Å². The molecule has 2 aromatic carbocycles. The molecule has 2 aromatic rings. The molecule has 0 atom stereocenters. The fourth-order valence-corrected chi connectivity index (χ4v) is 3.15. The Bertz CT molecular complexity index is 760. The van der Waals surface area contributed by atoms with Gasteiger partial charge in [0.1, 0.15) is 5.82 Å². The maximum atomic E-state index is 13.9. The van der Waals surface area contributed by atoms with Gasteiger partial charge in [0.2, 0.25) is 5.91 Å². The van der Waals surface area contributed by atoms with Gasteiger partial charge in [-0.25, -0.2) is 4.39 Å². The quantitative estimate of drug-likeness (QED) is 0.904. The Morgan fingerprint density at radius 3 is 2.60 bits per heavy atom. The van der Waals surface area contributed by atoms with Gasteiger partial charge < -0.3 is 10.2 Å². The van der Waals surface area contributed by atoms with E-state index in [1.807, 2.05) is 24.0 Å². The third-order valence-corrected chi connectivity index (χ3v) is 4.64. The molecule has 0 bridgehead atoms. The van der Waals surface area contributed by atoms with Crippen LogP contribution in [0.3, 0.4) is 0 Å². The van der Waals surface area contributed by atoms with Crippen LogP contribution in [0.4, 0.5) is 15.8 Å². The Hall–Kier alpha value is -2.11. The van der Waals surface area contributed by atoms with Gasteiger partial charge in [0, 0.05) is 36.9 Å². The SMILES string of the molecule is Cc1ccc(Cl)cc1NC(=O)CN1CCN(c2ccccc2F)CC1. The Kier molecular flexibility index (Phi) is 5.56. The zero-order valence-corrected chi connectivity index (χ0v) is 14.9. The fraction of sp³-hybridized carbons (Fsp3) is 0.316. The molecule has 1 aliphatic heterocycles. The molecular formula is C19H21ClFN3O. The van der Waals surface area contributed by atoms with Crippen molar-refractivity contribution in [3.8, 4) is 0 Å². The molecule has 0 aromatic heterocycles. The van der Waals surface area contributed by atoms with Crippen LogP contribution in [0.5, 0.6) is 0 Å². The van der Waals surface area contributed by atoms with E-state index >= 15 is 0 Å². The highest BCUT2D eigenvalue weighted by molar-refractivity contribution is 6.31. The lowest BCUT2D eigenvalue weighted by Crippen LogP contribution is -2.48. The highest BCUT2D eigenvalue weighted by atomic mass is 35.5. The number of hydrogen-bond acceptors (Lipinski definition) is 3. The summed E-state index contributed by atoms with van der Waals surface area (Å²) in [5.74, 6) is -0.269. The lowest BCUT2D eigenvalue weighted by atomic mass is 10.2. The summed E-state index contributed by atoms with van der Waals surface area (Å²) in [4.78, 5) is 16.4. The monoisotopic (exact) mass is 361 g/mol. The van der Waals surface area contributed by atoms with Crippen LogP contribution < -0.4 is 10.2 Å². The topological polar surface area (TPSA) is 35.6 Å². The van der Waals surface area contributed by atoms with Crippen molar-refractivity contribution < 1.29 is 9.18 Å². The molecule has 4 nitrogen and oxygen atoms in total. The van der Waals surface area contributed by atoms with E-state index in [1.54, 1.807) is 24.3 Å². The van der Waals surface area contributed by atoms with Crippen molar-refractivity contribution in [1.29, 1.82) is 0 Å². The zero-order chi connectivity index (χ0) is 17.8. The van der Waals surface area contributed by atoms with Gasteiger partial charge in [0.25, 0.3) is 0 Å². The molecule has 1 fully saturated rings. The first-order chi connectivity index (χ1) is 12.0. The molecule has 1 N–H and O–H groups in total. The number of nitrogens with zero attached hydrogens (tertiary/aromatic N) is 2. The number of para-hydroxylation sites is 1. The van der Waals surface area contributed by atoms with Crippen molar-refractivity contribution in [3.63, 3.8) is 0 Å². The first-order valence-corrected chi connectivity index (χ1v) is 8.68. The fourth-order valence-electron chi connectivity index (χ4n) is 2.98. The molecule has 6 heteroatoms. The summed E-state index contributed by atoms with van der Waals surface area (Å²) in [6, 6.07) is 12.2. The second-order valence-corrected chi connectivity index (χ2v) is 6.66. The van der Waals surface area contributed by atoms with Crippen molar-refractivity contribution >= 4 is 28.9 Å². The normalized spacial score (nSPS) is 15.2. The van der Waals surface area contributed by atoms with Gasteiger partial charge in [-0.05, 0) is 36.8 Å². The van der Waals surface area contributed by atoms with Crippen LogP contribution in [-0.2, 0) is 4.79 Å². The van der Waals surface area contributed by atoms with Crippen molar-refractivity contribution in [2.45, 2.75) is 6.92 Å². The highest BCUT2D eigenvalue weighted by Gasteiger charge is 2.21. The van der Waals surface area contributed by atoms with Gasteiger partial charge in [-0.1, -0.05) is 29.8 Å². The van der Waals surface area contributed by atoms with Crippen molar-refractivity contribution in [2.75, 3.05) is 42.9 Å². The van der Waals surface area contributed by atoms with Gasteiger partial charge in [0.05, 0.1) is 12.2 Å². The first-order valence-electron chi connectivity index (χ1n) is 8.31. The van der Waals surface area contributed by atoms with Crippen molar-refractivity contribution in [1.82, 2.24) is 4.90 Å². The molecular weight excluding hydrogens is 341 g/mol. The minimum Gasteiger partial charge on any atom is -0.367 e. The molecule has 1 amide bonds. The van der Waals surface area contributed by atoms with Gasteiger partial charge in [-0.2, -0.15) is 0 Å². The molecule has 0 unspecified atom stereocenters. The Morgan fingerprint density at radius 2 is 1.88 bits per heavy atom. The van der Waals surface area contributed by atoms with E-state index in [0.29, 0.717) is 30.3 Å². The van der Waals surface area contributed by atoms with E-state index < -0.39 is 0 Å². The zero-order valence-electron chi connectivity index (χ0n) is 14.1. The van der Waals surface area contributed by atoms with Crippen LogP contribution in [0.15, 0.2) is 42.5 Å². The number of halogens is 2. The number of aryl methyl sites for hydroxylation is 1. The van der Waals surface area contributed by atoms with E-state index in [2.05, 4.69) is 10.2 Å². The highest BCUT2D eigenvalue weighted by Crippen LogP contribution is 2.21. The summed E-state index contributed by atoms with van der Waals surface area (Å²) in [5, 5.41) is 3.51. The lowest BCUT2D eigenvalue weighted by Gasteiger charge is -2.35. The number of carbonyl (C=O) groups excluding carboxylic acids is 1. The Labute approximate surface area is 152 Å². The average molecular weight is 362 g/mol. The third kappa shape index (κ3) is 4.50. The Balaban J connectivity index is 1.53. The number of rotatable bonds is 4. The number of benzene rings is 2. The number of nitrogens with one attached hydrogen (secondary N) is 1. The molecule has 25 heavy (non-hydrogen) atoms. The third-order valence-electron chi connectivity index (χ3n) is 4.41. The maximum absolute atomic E-state index is 13.9. The summed E-state index contributed by atoms with van der Waals surface area (Å²) >= 11 is 5.98. The molecule has 1 aliphatic rings. The van der Waals surface area contributed by atoms with Gasteiger partial charge in [-0.3, -0.25) is 9.69 Å². The van der Waals surface area contributed by atoms with Crippen LogP contribution in [0, 0.1) is 12.7 Å². The summed E-state index contributed by atoms with van der Waals surface area (Å²) < 4.78 is 13.9. The summed E-state index contributed by atoms with van der Waals surface area (Å²) in [7, 11) is 0. The number of amides is 1. The van der Waals surface area contributed by atoms with E-state index in [9.17, 15) is 9.18 Å². The minimum atomic E-state index is -0.204. The molecule has 0 spiro atoms. The predicted octanol–water partition coefficient (Wildman–Crippen LogP) is 3.55. The number of hydrogen-bond donors (Lipinski definition) is 1. The number of anilines is 2. The Morgan fingerprint density at radius 1 is 1.16 bits per heavy atom. The molecule has 0 aliphatic carbocycles. The van der Waals surface area contributed by atoms with Gasteiger partial charge >= 0.3 is 0 Å². The molecule has 3 rings (SSSR count).